The second-order valence-electron chi connectivity index (χ2n) is 9.46. The van der Waals surface area contributed by atoms with Gasteiger partial charge in [-0.1, -0.05) is 6.58 Å². The number of imidazole rings is 1. The molecule has 5 rings (SSSR count). The van der Waals surface area contributed by atoms with Crippen molar-refractivity contribution >= 4 is 28.4 Å². The van der Waals surface area contributed by atoms with Crippen LogP contribution < -0.4 is 10.6 Å². The number of halogens is 2. The summed E-state index contributed by atoms with van der Waals surface area (Å²) in [4.78, 5) is 17.2. The van der Waals surface area contributed by atoms with Gasteiger partial charge >= 0.3 is 0 Å². The molecule has 4 heterocycles. The fourth-order valence-electron chi connectivity index (χ4n) is 4.84. The minimum atomic E-state index is -0.646. The number of nitrogens with zero attached hydrogens (tertiary/aromatic N) is 5. The Morgan fingerprint density at radius 1 is 1.14 bits per heavy atom. The van der Waals surface area contributed by atoms with Gasteiger partial charge in [0.15, 0.2) is 11.6 Å². The molecule has 9 heteroatoms. The minimum Gasteiger partial charge on any atom is -0.326 e. The van der Waals surface area contributed by atoms with Crippen LogP contribution >= 0.6 is 0 Å². The van der Waals surface area contributed by atoms with Crippen LogP contribution in [0.5, 0.6) is 0 Å². The molecule has 1 atom stereocenters. The van der Waals surface area contributed by atoms with Gasteiger partial charge < -0.3 is 15.2 Å². The lowest BCUT2D eigenvalue weighted by Gasteiger charge is -2.24. The molecule has 0 unspecified atom stereocenters. The Kier molecular flexibility index (Phi) is 6.49. The van der Waals surface area contributed by atoms with Crippen molar-refractivity contribution in [3.8, 4) is 11.3 Å². The highest BCUT2D eigenvalue weighted by molar-refractivity contribution is 5.83. The number of pyridine rings is 1. The molecule has 0 radical (unpaired) electrons. The molecule has 36 heavy (non-hydrogen) atoms. The molecule has 0 amide bonds. The molecule has 2 N–H and O–H groups in total. The molecule has 4 aromatic rings. The molecule has 1 fully saturated rings. The summed E-state index contributed by atoms with van der Waals surface area (Å²) in [6.07, 6.45) is 5.09. The van der Waals surface area contributed by atoms with E-state index in [2.05, 4.69) is 37.1 Å². The molecule has 0 aliphatic carbocycles. The number of anilines is 2. The van der Waals surface area contributed by atoms with Gasteiger partial charge in [0.2, 0.25) is 5.95 Å². The Bertz CT molecular complexity index is 1420. The molecule has 3 aromatic heterocycles. The quantitative estimate of drug-likeness (QED) is 0.356. The van der Waals surface area contributed by atoms with Crippen molar-refractivity contribution < 1.29 is 8.78 Å². The highest BCUT2D eigenvalue weighted by Gasteiger charge is 2.19. The van der Waals surface area contributed by atoms with E-state index in [1.54, 1.807) is 12.3 Å². The van der Waals surface area contributed by atoms with Gasteiger partial charge in [0, 0.05) is 24.3 Å². The fraction of sp³-hybridized carbons (Fsp3) is 0.333. The van der Waals surface area contributed by atoms with Crippen LogP contribution in [0.25, 0.3) is 27.9 Å². The highest BCUT2D eigenvalue weighted by Crippen LogP contribution is 2.31. The largest absolute Gasteiger partial charge is 0.326 e. The van der Waals surface area contributed by atoms with Crippen molar-refractivity contribution in [2.24, 2.45) is 5.92 Å². The summed E-state index contributed by atoms with van der Waals surface area (Å²) in [6.45, 7) is 12.0. The zero-order valence-corrected chi connectivity index (χ0v) is 20.6. The third kappa shape index (κ3) is 4.58. The zero-order chi connectivity index (χ0) is 25.4. The maximum absolute atomic E-state index is 14.9. The molecule has 0 spiro atoms. The first-order valence-electron chi connectivity index (χ1n) is 12.2. The summed E-state index contributed by atoms with van der Waals surface area (Å²) in [5.41, 5.74) is 3.21. The van der Waals surface area contributed by atoms with E-state index in [4.69, 9.17) is 0 Å². The monoisotopic (exact) mass is 489 g/mol. The van der Waals surface area contributed by atoms with Gasteiger partial charge in [-0.05, 0) is 81.5 Å². The van der Waals surface area contributed by atoms with E-state index in [1.165, 1.54) is 6.07 Å². The first-order valence-corrected chi connectivity index (χ1v) is 12.2. The molecule has 1 aliphatic rings. The minimum absolute atomic E-state index is 0.00254. The van der Waals surface area contributed by atoms with Crippen LogP contribution in [0.15, 0.2) is 43.2 Å². The van der Waals surface area contributed by atoms with E-state index in [0.29, 0.717) is 28.6 Å². The second-order valence-corrected chi connectivity index (χ2v) is 9.46. The lowest BCUT2D eigenvalue weighted by atomic mass is 9.89. The summed E-state index contributed by atoms with van der Waals surface area (Å²) in [7, 11) is 0. The van der Waals surface area contributed by atoms with E-state index in [-0.39, 0.29) is 23.2 Å². The van der Waals surface area contributed by atoms with Gasteiger partial charge in [0.05, 0.1) is 11.7 Å². The average molecular weight is 490 g/mol. The van der Waals surface area contributed by atoms with E-state index in [0.717, 1.165) is 43.3 Å². The molecule has 1 aliphatic heterocycles. The predicted molar refractivity (Wildman–Crippen MR) is 138 cm³/mol. The molecule has 7 nitrogen and oxygen atoms in total. The van der Waals surface area contributed by atoms with Crippen LogP contribution in [0.3, 0.4) is 0 Å². The third-order valence-corrected chi connectivity index (χ3v) is 6.62. The number of fused-ring (bicyclic) bond motifs is 1. The van der Waals surface area contributed by atoms with Crippen LogP contribution in [0.4, 0.5) is 20.5 Å². The Labute approximate surface area is 208 Å². The fourth-order valence-corrected chi connectivity index (χ4v) is 4.84. The number of benzene rings is 1. The molecule has 186 valence electrons. The first-order chi connectivity index (χ1) is 17.3. The van der Waals surface area contributed by atoms with Crippen LogP contribution in [0.1, 0.15) is 44.1 Å². The Morgan fingerprint density at radius 2 is 1.97 bits per heavy atom. The van der Waals surface area contributed by atoms with Gasteiger partial charge in [0.25, 0.3) is 0 Å². The average Bonchev–Trinajstić information content (AvgIpc) is 3.22. The van der Waals surface area contributed by atoms with Crippen LogP contribution in [-0.2, 0) is 0 Å². The number of hydrogen-bond acceptors (Lipinski definition) is 6. The maximum Gasteiger partial charge on any atom is 0.229 e. The summed E-state index contributed by atoms with van der Waals surface area (Å²) in [5.74, 6) is 0.599. The van der Waals surface area contributed by atoms with Crippen molar-refractivity contribution in [1.29, 1.82) is 0 Å². The molecule has 0 saturated carbocycles. The van der Waals surface area contributed by atoms with Crippen molar-refractivity contribution in [1.82, 2.24) is 29.8 Å². The Balaban J connectivity index is 1.42. The lowest BCUT2D eigenvalue weighted by molar-refractivity contribution is 0.448. The number of hydrogen-bond donors (Lipinski definition) is 2. The van der Waals surface area contributed by atoms with Gasteiger partial charge in [0.1, 0.15) is 22.9 Å². The standard InChI is InChI=1S/C27H29F2N7/c1-15(2)36-17(4)33-26-21(28)10-20(11-23(26)36)25-22(29)14-32-27(35-25)34-24-8-7-19(13-31-24)16(3)18-6-5-9-30-12-18/h7-8,10-11,13-15,18,30H,3,5-6,9,12H2,1-2,4H3,(H,31,32,34,35)/t18-/m0/s1. The Morgan fingerprint density at radius 3 is 2.67 bits per heavy atom. The molecule has 1 aromatic carbocycles. The van der Waals surface area contributed by atoms with Crippen molar-refractivity contribution in [3.63, 3.8) is 0 Å². The third-order valence-electron chi connectivity index (χ3n) is 6.62. The number of aromatic nitrogens is 5. The topological polar surface area (TPSA) is 80.6 Å². The van der Waals surface area contributed by atoms with E-state index in [1.807, 2.05) is 37.5 Å². The molecular formula is C27H29F2N7. The second kappa shape index (κ2) is 9.73. The van der Waals surface area contributed by atoms with Crippen LogP contribution in [0.2, 0.25) is 0 Å². The van der Waals surface area contributed by atoms with E-state index in [9.17, 15) is 8.78 Å². The Hall–Kier alpha value is -3.72. The van der Waals surface area contributed by atoms with Crippen LogP contribution in [-0.4, -0.2) is 37.6 Å². The van der Waals surface area contributed by atoms with Crippen molar-refractivity contribution in [3.05, 3.63) is 66.3 Å². The van der Waals surface area contributed by atoms with Crippen molar-refractivity contribution in [2.45, 2.75) is 39.7 Å². The van der Waals surface area contributed by atoms with Gasteiger partial charge in [-0.3, -0.25) is 0 Å². The number of piperidine rings is 1. The summed E-state index contributed by atoms with van der Waals surface area (Å²) >= 11 is 0. The van der Waals surface area contributed by atoms with Gasteiger partial charge in [-0.2, -0.15) is 0 Å². The van der Waals surface area contributed by atoms with E-state index < -0.39 is 11.6 Å². The molecular weight excluding hydrogens is 460 g/mol. The smallest absolute Gasteiger partial charge is 0.229 e. The van der Waals surface area contributed by atoms with Gasteiger partial charge in [-0.15, -0.1) is 0 Å². The number of nitrogens with one attached hydrogen (secondary N) is 2. The normalized spacial score (nSPS) is 16.0. The van der Waals surface area contributed by atoms with Crippen LogP contribution in [0, 0.1) is 24.5 Å². The highest BCUT2D eigenvalue weighted by atomic mass is 19.1. The van der Waals surface area contributed by atoms with E-state index >= 15 is 0 Å². The summed E-state index contributed by atoms with van der Waals surface area (Å²) in [6, 6.07) is 6.81. The maximum atomic E-state index is 14.9. The predicted octanol–water partition coefficient (Wildman–Crippen LogP) is 5.81. The summed E-state index contributed by atoms with van der Waals surface area (Å²) < 4.78 is 31.6. The first kappa shape index (κ1) is 24.0. The molecule has 0 bridgehead atoms. The zero-order valence-electron chi connectivity index (χ0n) is 20.6. The van der Waals surface area contributed by atoms with Gasteiger partial charge in [-0.25, -0.2) is 28.7 Å². The van der Waals surface area contributed by atoms with Crippen molar-refractivity contribution in [2.75, 3.05) is 18.4 Å². The molecule has 1 saturated heterocycles. The lowest BCUT2D eigenvalue weighted by Crippen LogP contribution is -2.30. The SMILES string of the molecule is C=C(c1ccc(Nc2ncc(F)c(-c3cc(F)c4nc(C)n(C(C)C)c4c3)n2)nc1)[C@H]1CCCNC1. The number of rotatable bonds is 6. The summed E-state index contributed by atoms with van der Waals surface area (Å²) in [5, 5.41) is 6.43. The number of aryl methyl sites for hydroxylation is 1.